The lowest BCUT2D eigenvalue weighted by Gasteiger charge is -2.09. The van der Waals surface area contributed by atoms with Crippen LogP contribution in [-0.4, -0.2) is 31.8 Å². The number of aromatic nitrogens is 4. The number of nitriles is 2. The summed E-state index contributed by atoms with van der Waals surface area (Å²) in [6.07, 6.45) is 7.04. The molecule has 4 rings (SSSR count). The highest BCUT2D eigenvalue weighted by Gasteiger charge is 2.15. The maximum absolute atomic E-state index is 11.0. The Kier molecular flexibility index (Phi) is 5.69. The zero-order valence-corrected chi connectivity index (χ0v) is 17.4. The number of rotatable bonds is 6. The Morgan fingerprint density at radius 1 is 1.06 bits per heavy atom. The number of amides is 1. The van der Waals surface area contributed by atoms with E-state index >= 15 is 0 Å². The molecule has 1 amide bonds. The van der Waals surface area contributed by atoms with Gasteiger partial charge in [0.15, 0.2) is 0 Å². The van der Waals surface area contributed by atoms with Crippen LogP contribution in [0.4, 0.5) is 0 Å². The molecule has 1 N–H and O–H groups in total. The predicted octanol–water partition coefficient (Wildman–Crippen LogP) is 3.23. The zero-order chi connectivity index (χ0) is 21.8. The molecule has 0 aliphatic rings. The van der Waals surface area contributed by atoms with Crippen molar-refractivity contribution in [3.05, 3.63) is 66.2 Å². The van der Waals surface area contributed by atoms with Crippen molar-refractivity contribution >= 4 is 23.2 Å². The highest BCUT2D eigenvalue weighted by Crippen LogP contribution is 2.36. The topological polar surface area (TPSA) is 112 Å². The summed E-state index contributed by atoms with van der Waals surface area (Å²) in [6, 6.07) is 13.7. The maximum Gasteiger partial charge on any atom is 0.216 e. The minimum absolute atomic E-state index is 0.0795. The maximum atomic E-state index is 11.0. The summed E-state index contributed by atoms with van der Waals surface area (Å²) in [7, 11) is 0. The fraction of sp³-hybridized carbons (Fsp3) is 0.136. The van der Waals surface area contributed by atoms with Gasteiger partial charge in [0.1, 0.15) is 12.1 Å². The van der Waals surface area contributed by atoms with Crippen molar-refractivity contribution in [2.24, 2.45) is 0 Å². The molecule has 1 aromatic carbocycles. The number of nitrogens with one attached hydrogen (secondary N) is 1. The first-order chi connectivity index (χ1) is 15.1. The van der Waals surface area contributed by atoms with E-state index in [4.69, 9.17) is 0 Å². The van der Waals surface area contributed by atoms with Crippen LogP contribution in [0.1, 0.15) is 18.1 Å². The molecular weight excluding hydrogens is 410 g/mol. The fourth-order valence-corrected chi connectivity index (χ4v) is 4.24. The van der Waals surface area contributed by atoms with Gasteiger partial charge in [0, 0.05) is 46.8 Å². The molecule has 8 nitrogen and oxygen atoms in total. The summed E-state index contributed by atoms with van der Waals surface area (Å²) in [4.78, 5) is 12.7. The van der Waals surface area contributed by atoms with Crippen molar-refractivity contribution in [2.45, 2.75) is 23.3 Å². The lowest BCUT2D eigenvalue weighted by atomic mass is 10.1. The van der Waals surface area contributed by atoms with E-state index in [2.05, 4.69) is 27.7 Å². The molecule has 0 aliphatic carbocycles. The minimum Gasteiger partial charge on any atom is -0.354 e. The highest BCUT2D eigenvalue weighted by atomic mass is 32.2. The molecular formula is C22H17N7OS. The molecule has 9 heteroatoms. The molecule has 3 aromatic heterocycles. The van der Waals surface area contributed by atoms with Gasteiger partial charge in [0.25, 0.3) is 0 Å². The molecule has 0 fully saturated rings. The summed E-state index contributed by atoms with van der Waals surface area (Å²) in [6.45, 7) is 2.53. The molecule has 0 spiro atoms. The summed E-state index contributed by atoms with van der Waals surface area (Å²) < 4.78 is 3.44. The Labute approximate surface area is 182 Å². The zero-order valence-electron chi connectivity index (χ0n) is 16.6. The first-order valence-electron chi connectivity index (χ1n) is 9.45. The first kappa shape index (κ1) is 20.2. The van der Waals surface area contributed by atoms with Gasteiger partial charge >= 0.3 is 0 Å². The summed E-state index contributed by atoms with van der Waals surface area (Å²) >= 11 is 1.43. The van der Waals surface area contributed by atoms with Crippen LogP contribution in [-0.2, 0) is 11.3 Å². The number of hydrogen-bond acceptors (Lipinski definition) is 6. The SMILES string of the molecule is CC(=O)NCCn1cc(-c2cc(Sc3ccccc3C#N)c3c(C#N)cnn3c2)cn1. The molecule has 0 aliphatic heterocycles. The van der Waals surface area contributed by atoms with E-state index in [1.54, 1.807) is 21.5 Å². The molecule has 0 atom stereocenters. The number of hydrogen-bond donors (Lipinski definition) is 1. The number of carbonyl (C=O) groups excluding carboxylic acids is 1. The summed E-state index contributed by atoms with van der Waals surface area (Å²) in [5, 5.41) is 30.4. The van der Waals surface area contributed by atoms with Crippen molar-refractivity contribution in [1.29, 1.82) is 10.5 Å². The number of benzene rings is 1. The normalized spacial score (nSPS) is 10.5. The van der Waals surface area contributed by atoms with Gasteiger partial charge < -0.3 is 5.32 Å². The van der Waals surface area contributed by atoms with Crippen molar-refractivity contribution in [3.8, 4) is 23.3 Å². The van der Waals surface area contributed by atoms with E-state index < -0.39 is 0 Å². The molecule has 0 bridgehead atoms. The average Bonchev–Trinajstić information content (AvgIpc) is 3.41. The first-order valence-corrected chi connectivity index (χ1v) is 10.3. The van der Waals surface area contributed by atoms with Crippen molar-refractivity contribution in [3.63, 3.8) is 0 Å². The predicted molar refractivity (Wildman–Crippen MR) is 115 cm³/mol. The van der Waals surface area contributed by atoms with E-state index in [1.807, 2.05) is 36.7 Å². The third kappa shape index (κ3) is 4.27. The van der Waals surface area contributed by atoms with Crippen LogP contribution in [0.3, 0.4) is 0 Å². The Hall–Kier alpha value is -4.08. The number of nitrogens with zero attached hydrogens (tertiary/aromatic N) is 6. The standard InChI is InChI=1S/C22H17N7OS/c1-15(30)25-6-7-28-13-19(12-26-28)17-8-21(22-18(10-24)11-27-29(22)14-17)31-20-5-3-2-4-16(20)9-23/h2-5,8,11-14H,6-7H2,1H3,(H,25,30). The largest absolute Gasteiger partial charge is 0.354 e. The van der Waals surface area contributed by atoms with Gasteiger partial charge in [0.05, 0.1) is 35.6 Å². The van der Waals surface area contributed by atoms with Crippen LogP contribution < -0.4 is 5.32 Å². The minimum atomic E-state index is -0.0795. The van der Waals surface area contributed by atoms with Crippen LogP contribution in [0.5, 0.6) is 0 Å². The van der Waals surface area contributed by atoms with Crippen LogP contribution >= 0.6 is 11.8 Å². The molecule has 3 heterocycles. The Morgan fingerprint density at radius 3 is 2.65 bits per heavy atom. The van der Waals surface area contributed by atoms with Crippen molar-refractivity contribution < 1.29 is 4.79 Å². The molecule has 31 heavy (non-hydrogen) atoms. The van der Waals surface area contributed by atoms with Crippen molar-refractivity contribution in [1.82, 2.24) is 24.7 Å². The second-order valence-corrected chi connectivity index (χ2v) is 7.83. The molecule has 0 saturated carbocycles. The Morgan fingerprint density at radius 2 is 1.87 bits per heavy atom. The Bertz CT molecular complexity index is 1360. The molecule has 0 radical (unpaired) electrons. The summed E-state index contributed by atoms with van der Waals surface area (Å²) in [5.74, 6) is -0.0795. The molecule has 0 unspecified atom stereocenters. The van der Waals surface area contributed by atoms with E-state index in [0.717, 1.165) is 20.9 Å². The van der Waals surface area contributed by atoms with E-state index in [1.165, 1.54) is 24.9 Å². The Balaban J connectivity index is 1.73. The van der Waals surface area contributed by atoms with Crippen LogP contribution in [0.15, 0.2) is 64.9 Å². The van der Waals surface area contributed by atoms with Crippen LogP contribution in [0, 0.1) is 22.7 Å². The van der Waals surface area contributed by atoms with Gasteiger partial charge in [-0.15, -0.1) is 0 Å². The third-order valence-corrected chi connectivity index (χ3v) is 5.71. The number of pyridine rings is 1. The lowest BCUT2D eigenvalue weighted by Crippen LogP contribution is -2.24. The summed E-state index contributed by atoms with van der Waals surface area (Å²) in [5.41, 5.74) is 3.49. The second kappa shape index (κ2) is 8.74. The van der Waals surface area contributed by atoms with Gasteiger partial charge in [0.2, 0.25) is 5.91 Å². The molecule has 152 valence electrons. The van der Waals surface area contributed by atoms with Gasteiger partial charge in [-0.3, -0.25) is 9.48 Å². The van der Waals surface area contributed by atoms with Crippen LogP contribution in [0.2, 0.25) is 0 Å². The number of carbonyl (C=O) groups is 1. The van der Waals surface area contributed by atoms with Gasteiger partial charge in [-0.1, -0.05) is 23.9 Å². The van der Waals surface area contributed by atoms with E-state index in [0.29, 0.717) is 29.7 Å². The number of fused-ring (bicyclic) bond motifs is 1. The smallest absolute Gasteiger partial charge is 0.216 e. The molecule has 4 aromatic rings. The quantitative estimate of drug-likeness (QED) is 0.506. The highest BCUT2D eigenvalue weighted by molar-refractivity contribution is 7.99. The van der Waals surface area contributed by atoms with E-state index in [9.17, 15) is 15.3 Å². The third-order valence-electron chi connectivity index (χ3n) is 4.61. The van der Waals surface area contributed by atoms with Crippen LogP contribution in [0.25, 0.3) is 16.6 Å². The van der Waals surface area contributed by atoms with Gasteiger partial charge in [-0.05, 0) is 18.2 Å². The van der Waals surface area contributed by atoms with Crippen molar-refractivity contribution in [2.75, 3.05) is 6.54 Å². The lowest BCUT2D eigenvalue weighted by molar-refractivity contribution is -0.118. The average molecular weight is 427 g/mol. The monoisotopic (exact) mass is 427 g/mol. The molecule has 0 saturated heterocycles. The van der Waals surface area contributed by atoms with Gasteiger partial charge in [-0.2, -0.15) is 20.7 Å². The van der Waals surface area contributed by atoms with Gasteiger partial charge in [-0.25, -0.2) is 4.52 Å². The van der Waals surface area contributed by atoms with E-state index in [-0.39, 0.29) is 5.91 Å². The fourth-order valence-electron chi connectivity index (χ4n) is 3.15. The second-order valence-electron chi connectivity index (χ2n) is 6.74.